The maximum atomic E-state index is 13.1. The molecule has 1 aliphatic heterocycles. The highest BCUT2D eigenvalue weighted by molar-refractivity contribution is 7.89. The molecular formula is C25H30N4O5S. The Hall–Kier alpha value is -3.37. The number of aromatic nitrogens is 2. The van der Waals surface area contributed by atoms with E-state index in [2.05, 4.69) is 16.5 Å². The van der Waals surface area contributed by atoms with Gasteiger partial charge in [0.1, 0.15) is 5.82 Å². The van der Waals surface area contributed by atoms with Crippen LogP contribution >= 0.6 is 0 Å². The molecule has 0 bridgehead atoms. The molecule has 10 heteroatoms. The number of nitrogens with one attached hydrogen (secondary N) is 1. The summed E-state index contributed by atoms with van der Waals surface area (Å²) in [6.45, 7) is 3.11. The van der Waals surface area contributed by atoms with Gasteiger partial charge in [0.15, 0.2) is 11.5 Å². The number of ether oxygens (including phenoxy) is 2. The molecular weight excluding hydrogens is 468 g/mol. The molecule has 0 spiro atoms. The zero-order chi connectivity index (χ0) is 25.0. The number of amides is 1. The molecule has 3 aromatic rings. The summed E-state index contributed by atoms with van der Waals surface area (Å²) in [5.41, 5.74) is 2.26. The number of hydrogen-bond donors (Lipinski definition) is 1. The molecule has 1 N–H and O–H groups in total. The zero-order valence-electron chi connectivity index (χ0n) is 20.1. The minimum absolute atomic E-state index is 0.126. The van der Waals surface area contributed by atoms with Crippen LogP contribution in [0.1, 0.15) is 24.0 Å². The summed E-state index contributed by atoms with van der Waals surface area (Å²) < 4.78 is 39.9. The molecule has 1 aromatic heterocycles. The van der Waals surface area contributed by atoms with Crippen molar-refractivity contribution in [1.82, 2.24) is 14.1 Å². The van der Waals surface area contributed by atoms with Crippen LogP contribution in [0.15, 0.2) is 59.6 Å². The fourth-order valence-corrected chi connectivity index (χ4v) is 5.75. The highest BCUT2D eigenvalue weighted by Gasteiger charge is 2.33. The molecule has 1 saturated heterocycles. The highest BCUT2D eigenvalue weighted by Crippen LogP contribution is 2.32. The predicted molar refractivity (Wildman–Crippen MR) is 132 cm³/mol. The maximum Gasteiger partial charge on any atom is 0.243 e. The van der Waals surface area contributed by atoms with Crippen LogP contribution in [0.3, 0.4) is 0 Å². The van der Waals surface area contributed by atoms with Crippen molar-refractivity contribution in [3.63, 3.8) is 0 Å². The van der Waals surface area contributed by atoms with Crippen LogP contribution in [0.4, 0.5) is 5.82 Å². The lowest BCUT2D eigenvalue weighted by molar-refractivity contribution is -0.121. The first-order valence-electron chi connectivity index (χ1n) is 11.4. The van der Waals surface area contributed by atoms with E-state index >= 15 is 0 Å². The Bertz CT molecular complexity index is 1300. The van der Waals surface area contributed by atoms with Crippen LogP contribution in [-0.4, -0.2) is 55.7 Å². The first kappa shape index (κ1) is 24.7. The molecule has 9 nitrogen and oxygen atoms in total. The fraction of sp³-hybridized carbons (Fsp3) is 0.360. The molecule has 186 valence electrons. The van der Waals surface area contributed by atoms with Gasteiger partial charge < -0.3 is 14.8 Å². The van der Waals surface area contributed by atoms with Gasteiger partial charge in [0.05, 0.1) is 31.9 Å². The number of rotatable bonds is 8. The number of anilines is 1. The Morgan fingerprint density at radius 1 is 1.06 bits per heavy atom. The quantitative estimate of drug-likeness (QED) is 0.511. The van der Waals surface area contributed by atoms with Crippen molar-refractivity contribution in [2.75, 3.05) is 32.6 Å². The van der Waals surface area contributed by atoms with Crippen LogP contribution in [0, 0.1) is 12.8 Å². The largest absolute Gasteiger partial charge is 0.493 e. The van der Waals surface area contributed by atoms with Crippen LogP contribution in [0.25, 0.3) is 0 Å². The van der Waals surface area contributed by atoms with Gasteiger partial charge in [-0.3, -0.25) is 4.79 Å². The van der Waals surface area contributed by atoms with Crippen molar-refractivity contribution in [2.45, 2.75) is 31.2 Å². The van der Waals surface area contributed by atoms with E-state index < -0.39 is 10.0 Å². The monoisotopic (exact) mass is 498 g/mol. The molecule has 1 amide bonds. The number of sulfonamides is 1. The van der Waals surface area contributed by atoms with Gasteiger partial charge in [0.25, 0.3) is 0 Å². The van der Waals surface area contributed by atoms with Crippen molar-refractivity contribution >= 4 is 21.7 Å². The van der Waals surface area contributed by atoms with E-state index in [-0.39, 0.29) is 29.8 Å². The second kappa shape index (κ2) is 10.5. The lowest BCUT2D eigenvalue weighted by Crippen LogP contribution is -2.41. The van der Waals surface area contributed by atoms with Gasteiger partial charge in [-0.15, -0.1) is 0 Å². The number of benzene rings is 2. The molecule has 4 rings (SSSR count). The van der Waals surface area contributed by atoms with E-state index in [1.54, 1.807) is 23.0 Å². The average Bonchev–Trinajstić information content (AvgIpc) is 3.29. The second-order valence-electron chi connectivity index (χ2n) is 8.55. The highest BCUT2D eigenvalue weighted by atomic mass is 32.2. The van der Waals surface area contributed by atoms with Crippen molar-refractivity contribution < 1.29 is 22.7 Å². The van der Waals surface area contributed by atoms with E-state index in [9.17, 15) is 13.2 Å². The van der Waals surface area contributed by atoms with E-state index in [1.807, 2.05) is 25.1 Å². The minimum atomic E-state index is -3.71. The van der Waals surface area contributed by atoms with Gasteiger partial charge in [0, 0.05) is 31.1 Å². The predicted octanol–water partition coefficient (Wildman–Crippen LogP) is 3.30. The first-order valence-corrected chi connectivity index (χ1v) is 12.9. The minimum Gasteiger partial charge on any atom is -0.493 e. The van der Waals surface area contributed by atoms with Crippen LogP contribution < -0.4 is 14.8 Å². The van der Waals surface area contributed by atoms with Gasteiger partial charge >= 0.3 is 0 Å². The van der Waals surface area contributed by atoms with Crippen LogP contribution in [0.5, 0.6) is 11.5 Å². The standard InChI is InChI=1S/C25H30N4O5S/c1-18-5-4-6-19(15-18)17-29-24(9-12-26-29)27-25(30)20-10-13-28(14-11-20)35(31,32)21-7-8-22(33-2)23(16-21)34-3/h4-9,12,15-16,20H,10-11,13-14,17H2,1-3H3,(H,27,30). The third-order valence-electron chi connectivity index (χ3n) is 6.20. The number of carbonyl (C=O) groups is 1. The van der Waals surface area contributed by atoms with Crippen molar-refractivity contribution in [3.8, 4) is 11.5 Å². The normalized spacial score (nSPS) is 15.1. The third-order valence-corrected chi connectivity index (χ3v) is 8.09. The van der Waals surface area contributed by atoms with Gasteiger partial charge in [-0.1, -0.05) is 29.8 Å². The molecule has 0 saturated carbocycles. The Kier molecular flexibility index (Phi) is 7.42. The molecule has 35 heavy (non-hydrogen) atoms. The number of aryl methyl sites for hydroxylation is 1. The van der Waals surface area contributed by atoms with E-state index in [4.69, 9.17) is 9.47 Å². The summed E-state index contributed by atoms with van der Waals surface area (Å²) in [6, 6.07) is 14.4. The summed E-state index contributed by atoms with van der Waals surface area (Å²) in [6.07, 6.45) is 2.53. The van der Waals surface area contributed by atoms with E-state index in [1.165, 1.54) is 30.7 Å². The summed E-state index contributed by atoms with van der Waals surface area (Å²) in [4.78, 5) is 13.1. The average molecular weight is 499 g/mol. The third kappa shape index (κ3) is 5.49. The van der Waals surface area contributed by atoms with Gasteiger partial charge in [-0.25, -0.2) is 13.1 Å². The van der Waals surface area contributed by atoms with Crippen molar-refractivity contribution in [2.24, 2.45) is 5.92 Å². The summed E-state index contributed by atoms with van der Waals surface area (Å²) in [5.74, 6) is 1.03. The topological polar surface area (TPSA) is 103 Å². The van der Waals surface area contributed by atoms with Gasteiger partial charge in [-0.05, 0) is 37.5 Å². The Labute approximate surface area is 205 Å². The van der Waals surface area contributed by atoms with E-state index in [0.717, 1.165) is 11.1 Å². The lowest BCUT2D eigenvalue weighted by atomic mass is 9.97. The summed E-state index contributed by atoms with van der Waals surface area (Å²) >= 11 is 0. The van der Waals surface area contributed by atoms with Gasteiger partial charge in [-0.2, -0.15) is 9.40 Å². The molecule has 0 radical (unpaired) electrons. The van der Waals surface area contributed by atoms with Crippen LogP contribution in [0.2, 0.25) is 0 Å². The van der Waals surface area contributed by atoms with Crippen molar-refractivity contribution in [3.05, 3.63) is 65.9 Å². The SMILES string of the molecule is COc1ccc(S(=O)(=O)N2CCC(C(=O)Nc3ccnn3Cc3cccc(C)c3)CC2)cc1OC. The zero-order valence-corrected chi connectivity index (χ0v) is 20.9. The number of nitrogens with zero attached hydrogens (tertiary/aromatic N) is 3. The van der Waals surface area contributed by atoms with Gasteiger partial charge in [0.2, 0.25) is 15.9 Å². The molecule has 2 aromatic carbocycles. The Balaban J connectivity index is 1.38. The smallest absolute Gasteiger partial charge is 0.243 e. The second-order valence-corrected chi connectivity index (χ2v) is 10.5. The maximum absolute atomic E-state index is 13.1. The summed E-state index contributed by atoms with van der Waals surface area (Å²) in [5, 5.41) is 7.31. The molecule has 0 atom stereocenters. The molecule has 1 fully saturated rings. The first-order chi connectivity index (χ1) is 16.8. The number of hydrogen-bond acceptors (Lipinski definition) is 6. The number of piperidine rings is 1. The Morgan fingerprint density at radius 2 is 1.80 bits per heavy atom. The number of carbonyl (C=O) groups excluding carboxylic acids is 1. The lowest BCUT2D eigenvalue weighted by Gasteiger charge is -2.30. The Morgan fingerprint density at radius 3 is 2.49 bits per heavy atom. The molecule has 0 aliphatic carbocycles. The van der Waals surface area contributed by atoms with Crippen LogP contribution in [-0.2, 0) is 21.4 Å². The number of methoxy groups -OCH3 is 2. The molecule has 0 unspecified atom stereocenters. The molecule has 1 aliphatic rings. The summed E-state index contributed by atoms with van der Waals surface area (Å²) in [7, 11) is -0.751. The molecule has 2 heterocycles. The van der Waals surface area contributed by atoms with E-state index in [0.29, 0.717) is 36.7 Å². The van der Waals surface area contributed by atoms with Crippen molar-refractivity contribution in [1.29, 1.82) is 0 Å². The fourth-order valence-electron chi connectivity index (χ4n) is 4.26.